The normalized spacial score (nSPS) is 11.2. The van der Waals surface area contributed by atoms with E-state index in [1.807, 2.05) is 96.4 Å². The average Bonchev–Trinajstić information content (AvgIpc) is 3.10. The molecule has 0 saturated heterocycles. The van der Waals surface area contributed by atoms with Crippen LogP contribution in [-0.2, 0) is 24.9 Å². The fourth-order valence-corrected chi connectivity index (χ4v) is 4.44. The summed E-state index contributed by atoms with van der Waals surface area (Å²) in [5.41, 5.74) is 9.42. The SMILES string of the molecule is CCC(C)(C)C(=O)/C=C(\O)C(C)(C)CC.Cc1c[c-]c(-c2ncccc2C)cc1.Cc1cccnc1-c1[c-]cc(-c2ccccc2)cc1.[Ir]. The van der Waals surface area contributed by atoms with Gasteiger partial charge in [-0.2, -0.15) is 0 Å². The van der Waals surface area contributed by atoms with Crippen molar-refractivity contribution < 1.29 is 30.0 Å². The summed E-state index contributed by atoms with van der Waals surface area (Å²) in [6.07, 6.45) is 6.63. The summed E-state index contributed by atoms with van der Waals surface area (Å²) in [7, 11) is 0. The smallest absolute Gasteiger partial charge is 0.164 e. The van der Waals surface area contributed by atoms with Crippen molar-refractivity contribution >= 4 is 5.78 Å². The molecule has 0 aliphatic heterocycles. The Bertz CT molecular complexity index is 1770. The zero-order chi connectivity index (χ0) is 35.3. The molecule has 0 atom stereocenters. The molecule has 5 heteroatoms. The van der Waals surface area contributed by atoms with Gasteiger partial charge in [-0.15, -0.1) is 65.2 Å². The molecule has 4 nitrogen and oxygen atoms in total. The molecule has 2 heterocycles. The molecule has 0 bridgehead atoms. The van der Waals surface area contributed by atoms with Crippen LogP contribution in [0.15, 0.2) is 115 Å². The van der Waals surface area contributed by atoms with Gasteiger partial charge < -0.3 is 15.1 Å². The maximum absolute atomic E-state index is 11.8. The van der Waals surface area contributed by atoms with E-state index in [2.05, 4.69) is 91.4 Å². The Morgan fingerprint density at radius 1 is 0.673 bits per heavy atom. The van der Waals surface area contributed by atoms with Crippen LogP contribution >= 0.6 is 0 Å². The Hall–Kier alpha value is -4.18. The van der Waals surface area contributed by atoms with E-state index in [9.17, 15) is 9.90 Å². The zero-order valence-electron chi connectivity index (χ0n) is 30.4. The van der Waals surface area contributed by atoms with E-state index in [0.717, 1.165) is 35.4 Å². The minimum absolute atomic E-state index is 0. The van der Waals surface area contributed by atoms with E-state index in [4.69, 9.17) is 0 Å². The third-order valence-corrected chi connectivity index (χ3v) is 8.81. The van der Waals surface area contributed by atoms with Gasteiger partial charge in [0.05, 0.1) is 0 Å². The summed E-state index contributed by atoms with van der Waals surface area (Å²) in [6.45, 7) is 17.8. The first-order valence-electron chi connectivity index (χ1n) is 16.6. The number of nitrogens with zero attached hydrogens (tertiary/aromatic N) is 2. The zero-order valence-corrected chi connectivity index (χ0v) is 32.8. The average molecular weight is 831 g/mol. The Morgan fingerprint density at radius 3 is 1.61 bits per heavy atom. The van der Waals surface area contributed by atoms with Gasteiger partial charge >= 0.3 is 0 Å². The predicted molar refractivity (Wildman–Crippen MR) is 201 cm³/mol. The molecule has 1 radical (unpaired) electrons. The van der Waals surface area contributed by atoms with Crippen LogP contribution in [-0.4, -0.2) is 20.9 Å². The van der Waals surface area contributed by atoms with Gasteiger partial charge in [0.1, 0.15) is 5.76 Å². The second-order valence-corrected chi connectivity index (χ2v) is 13.3. The van der Waals surface area contributed by atoms with Gasteiger partial charge in [0.25, 0.3) is 0 Å². The van der Waals surface area contributed by atoms with Gasteiger partial charge in [0.15, 0.2) is 5.78 Å². The summed E-state index contributed by atoms with van der Waals surface area (Å²) >= 11 is 0. The molecule has 0 aliphatic carbocycles. The Kier molecular flexibility index (Phi) is 16.0. The summed E-state index contributed by atoms with van der Waals surface area (Å²) in [5, 5.41) is 9.85. The number of carbonyl (C=O) groups excluding carboxylic acids is 1. The van der Waals surface area contributed by atoms with Crippen LogP contribution < -0.4 is 0 Å². The topological polar surface area (TPSA) is 63.1 Å². The van der Waals surface area contributed by atoms with Crippen molar-refractivity contribution in [1.29, 1.82) is 0 Å². The molecule has 0 aliphatic rings. The van der Waals surface area contributed by atoms with Crippen molar-refractivity contribution in [3.8, 4) is 33.6 Å². The molecule has 0 amide bonds. The maximum Gasteiger partial charge on any atom is 0.164 e. The molecular formula is C44H50IrN2O2-2. The van der Waals surface area contributed by atoms with Crippen LogP contribution in [0.25, 0.3) is 33.6 Å². The van der Waals surface area contributed by atoms with E-state index >= 15 is 0 Å². The first-order chi connectivity index (χ1) is 22.8. The van der Waals surface area contributed by atoms with Crippen molar-refractivity contribution in [3.63, 3.8) is 0 Å². The third kappa shape index (κ3) is 12.0. The molecule has 259 valence electrons. The van der Waals surface area contributed by atoms with Crippen LogP contribution in [0.4, 0.5) is 0 Å². The van der Waals surface area contributed by atoms with Gasteiger partial charge in [-0.1, -0.05) is 113 Å². The minimum Gasteiger partial charge on any atom is -0.512 e. The number of benzene rings is 3. The van der Waals surface area contributed by atoms with Gasteiger partial charge in [-0.25, -0.2) is 0 Å². The van der Waals surface area contributed by atoms with E-state index in [1.165, 1.54) is 33.9 Å². The van der Waals surface area contributed by atoms with Crippen LogP contribution in [0.2, 0.25) is 0 Å². The Morgan fingerprint density at radius 2 is 1.18 bits per heavy atom. The minimum atomic E-state index is -0.377. The second kappa shape index (κ2) is 19.1. The molecule has 0 spiro atoms. The number of aliphatic hydroxyl groups excluding tert-OH is 1. The molecule has 3 aromatic carbocycles. The van der Waals surface area contributed by atoms with Gasteiger partial charge in [0.2, 0.25) is 0 Å². The van der Waals surface area contributed by atoms with Crippen LogP contribution in [0.1, 0.15) is 71.1 Å². The number of pyridine rings is 2. The maximum atomic E-state index is 11.8. The fourth-order valence-electron chi connectivity index (χ4n) is 4.44. The Labute approximate surface area is 308 Å². The molecule has 0 unspecified atom stereocenters. The van der Waals surface area contributed by atoms with Crippen molar-refractivity contribution in [2.45, 2.75) is 75.2 Å². The molecule has 0 fully saturated rings. The van der Waals surface area contributed by atoms with Gasteiger partial charge in [0, 0.05) is 49.4 Å². The number of hydrogen-bond donors (Lipinski definition) is 1. The third-order valence-electron chi connectivity index (χ3n) is 8.81. The quantitative estimate of drug-likeness (QED) is 0.0961. The van der Waals surface area contributed by atoms with E-state index in [0.29, 0.717) is 0 Å². The number of ketones is 1. The molecule has 5 rings (SSSR count). The fraction of sp³-hybridized carbons (Fsp3) is 0.295. The first-order valence-corrected chi connectivity index (χ1v) is 16.6. The molecule has 1 N–H and O–H groups in total. The second-order valence-electron chi connectivity index (χ2n) is 13.3. The summed E-state index contributed by atoms with van der Waals surface area (Å²) in [5.74, 6) is 0.195. The van der Waals surface area contributed by atoms with Crippen molar-refractivity contribution in [1.82, 2.24) is 9.97 Å². The number of hydrogen-bond acceptors (Lipinski definition) is 4. The number of rotatable bonds is 8. The molecule has 2 aromatic heterocycles. The monoisotopic (exact) mass is 831 g/mol. The molecular weight excluding hydrogens is 781 g/mol. The predicted octanol–water partition coefficient (Wildman–Crippen LogP) is 11.6. The summed E-state index contributed by atoms with van der Waals surface area (Å²) in [6, 6.07) is 37.3. The van der Waals surface area contributed by atoms with Crippen LogP contribution in [0.5, 0.6) is 0 Å². The van der Waals surface area contributed by atoms with Crippen molar-refractivity contribution in [2.75, 3.05) is 0 Å². The number of carbonyl (C=O) groups is 1. The van der Waals surface area contributed by atoms with E-state index in [1.54, 1.807) is 0 Å². The van der Waals surface area contributed by atoms with Crippen molar-refractivity contribution in [3.05, 3.63) is 144 Å². The number of aryl methyl sites for hydroxylation is 3. The summed E-state index contributed by atoms with van der Waals surface area (Å²) in [4.78, 5) is 20.6. The van der Waals surface area contributed by atoms with Gasteiger partial charge in [-0.05, 0) is 50.2 Å². The standard InChI is InChI=1S/C18H14N.C13H12N.C13H24O2.Ir/c1-14-6-5-13-19-18(14)17-11-9-16(10-12-17)15-7-3-2-4-8-15;1-10-5-7-12(8-6-10)13-11(2)4-3-9-14-13;1-7-12(3,4)10(14)9-11(15)13(5,6)8-2;/h2-11,13H,1H3;3-7,9H,1-2H3;9,14H,7-8H2,1-6H3;/q2*-1;;/b;;10-9-;. The van der Waals surface area contributed by atoms with Crippen LogP contribution in [0, 0.1) is 43.7 Å². The largest absolute Gasteiger partial charge is 0.512 e. The number of allylic oxidation sites excluding steroid dienone is 2. The number of aromatic nitrogens is 2. The van der Waals surface area contributed by atoms with Crippen molar-refractivity contribution in [2.24, 2.45) is 10.8 Å². The van der Waals surface area contributed by atoms with Gasteiger partial charge in [-0.3, -0.25) is 4.79 Å². The molecule has 49 heavy (non-hydrogen) atoms. The van der Waals surface area contributed by atoms with Crippen LogP contribution in [0.3, 0.4) is 0 Å². The van der Waals surface area contributed by atoms with E-state index < -0.39 is 0 Å². The first kappa shape index (κ1) is 41.0. The molecule has 5 aromatic rings. The Balaban J connectivity index is 0.000000257. The number of aliphatic hydroxyl groups is 1. The molecule has 0 saturated carbocycles. The summed E-state index contributed by atoms with van der Waals surface area (Å²) < 4.78 is 0. The van der Waals surface area contributed by atoms with E-state index in [-0.39, 0.29) is 42.5 Å².